The third kappa shape index (κ3) is 7.11. The molecule has 1 aliphatic rings. The molecule has 0 saturated carbocycles. The number of nitriles is 1. The lowest BCUT2D eigenvalue weighted by molar-refractivity contribution is -0.137. The van der Waals surface area contributed by atoms with Crippen molar-refractivity contribution in [1.29, 1.82) is 5.26 Å². The van der Waals surface area contributed by atoms with Gasteiger partial charge >= 0.3 is 5.97 Å². The molecule has 13 nitrogen and oxygen atoms in total. The van der Waals surface area contributed by atoms with Crippen LogP contribution in [0.4, 0.5) is 10.1 Å². The van der Waals surface area contributed by atoms with E-state index in [9.17, 15) is 28.4 Å². The molecule has 4 heterocycles. The lowest BCUT2D eigenvalue weighted by atomic mass is 9.96. The van der Waals surface area contributed by atoms with Crippen LogP contribution in [0.5, 0.6) is 0 Å². The Labute approximate surface area is 348 Å². The van der Waals surface area contributed by atoms with Crippen molar-refractivity contribution in [3.63, 3.8) is 0 Å². The van der Waals surface area contributed by atoms with E-state index in [4.69, 9.17) is 4.99 Å². The molecule has 60 heavy (non-hydrogen) atoms. The van der Waals surface area contributed by atoms with Crippen molar-refractivity contribution in [1.82, 2.24) is 25.1 Å². The molecule has 0 aliphatic carbocycles. The molecular weight excluding hydrogens is 804 g/mol. The summed E-state index contributed by atoms with van der Waals surface area (Å²) < 4.78 is 46.8. The van der Waals surface area contributed by atoms with Gasteiger partial charge in [0.25, 0.3) is 15.9 Å². The van der Waals surface area contributed by atoms with Crippen molar-refractivity contribution in [2.45, 2.75) is 58.0 Å². The van der Waals surface area contributed by atoms with Gasteiger partial charge in [0.2, 0.25) is 0 Å². The summed E-state index contributed by atoms with van der Waals surface area (Å²) in [5.74, 6) is -1.28. The smallest absolute Gasteiger partial charge is 0.306 e. The van der Waals surface area contributed by atoms with Crippen LogP contribution in [0.15, 0.2) is 94.9 Å². The topological polar surface area (TPSA) is 195 Å². The van der Waals surface area contributed by atoms with Crippen LogP contribution in [0.3, 0.4) is 0 Å². The molecule has 1 unspecified atom stereocenters. The summed E-state index contributed by atoms with van der Waals surface area (Å²) in [5.41, 5.74) is 7.00. The predicted molar refractivity (Wildman–Crippen MR) is 227 cm³/mol. The first kappa shape index (κ1) is 39.8. The average Bonchev–Trinajstić information content (AvgIpc) is 3.89. The number of nitrogens with one attached hydrogen (secondary N) is 3. The summed E-state index contributed by atoms with van der Waals surface area (Å²) >= 11 is 1.57. The number of benzene rings is 4. The SMILES string of the molecule is Cc1sc2c(c1C)C(c1ccc(-c3ccc(C(=O)NC(C)c4ccc(S(=O)(=O)Nc5ccc(C)c6c(C#N)c[nH]c56)cc4)c(F)c3)cc1)=N[C@@H](CC(=O)O)c1nnc(C)n1-2. The van der Waals surface area contributed by atoms with Crippen LogP contribution >= 0.6 is 11.3 Å². The summed E-state index contributed by atoms with van der Waals surface area (Å²) in [6, 6.07) is 21.9. The Balaban J connectivity index is 0.977. The fourth-order valence-corrected chi connectivity index (χ4v) is 9.77. The molecule has 0 saturated heterocycles. The number of anilines is 1. The Morgan fingerprint density at radius 3 is 2.37 bits per heavy atom. The van der Waals surface area contributed by atoms with E-state index in [1.54, 1.807) is 48.6 Å². The molecule has 4 N–H and O–H groups in total. The van der Waals surface area contributed by atoms with Crippen LogP contribution in [0, 0.1) is 44.8 Å². The summed E-state index contributed by atoms with van der Waals surface area (Å²) in [6.07, 6.45) is 1.27. The zero-order chi connectivity index (χ0) is 42.6. The number of rotatable bonds is 10. The van der Waals surface area contributed by atoms with Crippen molar-refractivity contribution >= 4 is 55.5 Å². The van der Waals surface area contributed by atoms with Gasteiger partial charge < -0.3 is 15.4 Å². The van der Waals surface area contributed by atoms with Gasteiger partial charge in [-0.2, -0.15) is 5.26 Å². The fourth-order valence-electron chi connectivity index (χ4n) is 7.48. The van der Waals surface area contributed by atoms with E-state index in [1.807, 2.05) is 56.5 Å². The summed E-state index contributed by atoms with van der Waals surface area (Å²) in [7, 11) is -4.01. The van der Waals surface area contributed by atoms with Crippen molar-refractivity contribution in [2.75, 3.05) is 4.72 Å². The number of aromatic amines is 1. The maximum atomic E-state index is 15.6. The number of amides is 1. The van der Waals surface area contributed by atoms with E-state index in [0.717, 1.165) is 32.1 Å². The summed E-state index contributed by atoms with van der Waals surface area (Å²) in [5, 5.41) is 32.1. The second kappa shape index (κ2) is 15.3. The number of halogens is 1. The third-order valence-electron chi connectivity index (χ3n) is 10.8. The van der Waals surface area contributed by atoms with Gasteiger partial charge in [-0.25, -0.2) is 12.8 Å². The zero-order valence-corrected chi connectivity index (χ0v) is 34.6. The Morgan fingerprint density at radius 2 is 1.68 bits per heavy atom. The van der Waals surface area contributed by atoms with Crippen molar-refractivity contribution in [2.24, 2.45) is 4.99 Å². The fraction of sp³-hybridized carbons (Fsp3) is 0.182. The molecule has 7 aromatic rings. The maximum absolute atomic E-state index is 15.6. The number of fused-ring (bicyclic) bond motifs is 4. The van der Waals surface area contributed by atoms with Gasteiger partial charge in [-0.3, -0.25) is 23.9 Å². The van der Waals surface area contributed by atoms with Crippen molar-refractivity contribution in [3.8, 4) is 22.2 Å². The number of carboxylic acid groups (broad SMARTS) is 1. The van der Waals surface area contributed by atoms with E-state index < -0.39 is 39.8 Å². The number of carboxylic acids is 1. The van der Waals surface area contributed by atoms with E-state index in [2.05, 4.69) is 31.3 Å². The average molecular weight is 841 g/mol. The third-order valence-corrected chi connectivity index (χ3v) is 13.3. The number of hydrogen-bond acceptors (Lipinski definition) is 9. The van der Waals surface area contributed by atoms with Gasteiger partial charge in [0.15, 0.2) is 5.82 Å². The molecule has 0 spiro atoms. The van der Waals surface area contributed by atoms with E-state index in [1.165, 1.54) is 30.5 Å². The molecule has 0 radical (unpaired) electrons. The number of aryl methyl sites for hydroxylation is 3. The van der Waals surface area contributed by atoms with Crippen LogP contribution in [-0.4, -0.2) is 50.9 Å². The number of sulfonamides is 1. The molecule has 302 valence electrons. The largest absolute Gasteiger partial charge is 0.481 e. The molecule has 2 atom stereocenters. The lowest BCUT2D eigenvalue weighted by Crippen LogP contribution is -2.27. The first-order chi connectivity index (χ1) is 28.6. The molecule has 1 amide bonds. The normalized spacial score (nSPS) is 14.1. The minimum Gasteiger partial charge on any atom is -0.481 e. The Hall–Kier alpha value is -6.96. The number of aromatic nitrogens is 4. The van der Waals surface area contributed by atoms with Gasteiger partial charge in [-0.15, -0.1) is 21.5 Å². The van der Waals surface area contributed by atoms with Gasteiger partial charge in [0, 0.05) is 27.6 Å². The quantitative estimate of drug-likeness (QED) is 0.105. The number of aliphatic imine (C=N–C) groups is 1. The van der Waals surface area contributed by atoms with Crippen molar-refractivity contribution < 1.29 is 27.5 Å². The molecule has 4 aromatic carbocycles. The number of carbonyl (C=O) groups excluding carboxylic acids is 1. The minimum atomic E-state index is -4.01. The van der Waals surface area contributed by atoms with Crippen LogP contribution < -0.4 is 10.0 Å². The summed E-state index contributed by atoms with van der Waals surface area (Å²) in [6.45, 7) is 9.41. The van der Waals surface area contributed by atoms with Crippen LogP contribution in [0.25, 0.3) is 27.0 Å². The first-order valence-electron chi connectivity index (χ1n) is 18.8. The highest BCUT2D eigenvalue weighted by Crippen LogP contribution is 2.40. The number of thiophene rings is 1. The lowest BCUT2D eigenvalue weighted by Gasteiger charge is -2.16. The predicted octanol–water partition coefficient (Wildman–Crippen LogP) is 8.38. The molecular formula is C44H37FN8O5S2. The molecule has 8 rings (SSSR count). The number of aliphatic carboxylic acids is 1. The highest BCUT2D eigenvalue weighted by Gasteiger charge is 2.32. The summed E-state index contributed by atoms with van der Waals surface area (Å²) in [4.78, 5) is 34.2. The Bertz CT molecular complexity index is 3070. The van der Waals surface area contributed by atoms with Gasteiger partial charge in [0.05, 0.1) is 45.4 Å². The van der Waals surface area contributed by atoms with E-state index >= 15 is 4.39 Å². The van der Waals surface area contributed by atoms with Gasteiger partial charge in [0.1, 0.15) is 28.8 Å². The Kier molecular flexibility index (Phi) is 10.2. The maximum Gasteiger partial charge on any atom is 0.306 e. The van der Waals surface area contributed by atoms with Gasteiger partial charge in [-0.1, -0.05) is 48.5 Å². The van der Waals surface area contributed by atoms with Crippen LogP contribution in [-0.2, 0) is 14.8 Å². The van der Waals surface area contributed by atoms with E-state index in [-0.39, 0.29) is 16.9 Å². The highest BCUT2D eigenvalue weighted by atomic mass is 32.2. The number of H-pyrrole nitrogens is 1. The number of hydrogen-bond donors (Lipinski definition) is 4. The highest BCUT2D eigenvalue weighted by molar-refractivity contribution is 7.92. The number of carbonyl (C=O) groups is 2. The van der Waals surface area contributed by atoms with Gasteiger partial charge in [-0.05, 0) is 92.8 Å². The molecule has 16 heteroatoms. The zero-order valence-electron chi connectivity index (χ0n) is 33.0. The second-order valence-corrected chi connectivity index (χ2v) is 17.5. The first-order valence-corrected chi connectivity index (χ1v) is 21.1. The van der Waals surface area contributed by atoms with Crippen LogP contribution in [0.1, 0.15) is 85.7 Å². The molecule has 1 aliphatic heterocycles. The van der Waals surface area contributed by atoms with E-state index in [0.29, 0.717) is 56.2 Å². The molecule has 3 aromatic heterocycles. The second-order valence-electron chi connectivity index (χ2n) is 14.6. The minimum absolute atomic E-state index is 0.00779. The van der Waals surface area contributed by atoms with Crippen molar-refractivity contribution in [3.05, 3.63) is 146 Å². The standard InChI is InChI=1S/C44H37FN8O5S2/c1-22-6-17-35(41-38(22)31(20-46)21-47-41)52-60(57,58)32-14-11-27(12-15-32)24(3)48-43(56)33-16-13-30(18-34(33)45)28-7-9-29(10-8-28)40-39-23(2)25(4)59-44(39)53-26(5)50-51-42(53)36(49-40)19-37(54)55/h6-18,21,24,36,47,52H,19H2,1-5H3,(H,48,56)(H,54,55)/t24?,36-/m0/s1. The molecule has 0 bridgehead atoms. The Morgan fingerprint density at radius 1 is 0.983 bits per heavy atom. The number of nitrogens with zero attached hydrogens (tertiary/aromatic N) is 5. The monoisotopic (exact) mass is 840 g/mol. The molecule has 0 fully saturated rings. The van der Waals surface area contributed by atoms with Crippen LogP contribution in [0.2, 0.25) is 0 Å².